The number of nitrogens with zero attached hydrogens (tertiary/aromatic N) is 2. The van der Waals surface area contributed by atoms with Gasteiger partial charge in [0.25, 0.3) is 0 Å². The fourth-order valence-corrected chi connectivity index (χ4v) is 15.1. The van der Waals surface area contributed by atoms with E-state index in [1.807, 2.05) is 71.7 Å². The predicted molar refractivity (Wildman–Crippen MR) is 370 cm³/mol. The number of hydrogen-bond acceptors (Lipinski definition) is 15. The normalized spacial score (nSPS) is 14.0. The van der Waals surface area contributed by atoms with E-state index in [1.165, 1.54) is 28.1 Å². The van der Waals surface area contributed by atoms with Gasteiger partial charge in [0, 0.05) is 64.1 Å². The lowest BCUT2D eigenvalue weighted by Gasteiger charge is -2.32. The molecule has 9 rings (SSSR count). The van der Waals surface area contributed by atoms with Crippen LogP contribution in [0.2, 0.25) is 0 Å². The molecule has 461 valence electrons. The minimum absolute atomic E-state index is 0.00655. The summed E-state index contributed by atoms with van der Waals surface area (Å²) in [5, 5.41) is 13.3. The van der Waals surface area contributed by atoms with Gasteiger partial charge in [-0.25, -0.2) is 25.3 Å². The third kappa shape index (κ3) is 19.8. The Morgan fingerprint density at radius 3 is 1.28 bits per heavy atom. The standard InChI is InChI=1S/C22H25NO2S2.C15H24BNO2.C13H13BrO2S2.C9H12BO4S.C4H2Br2S/c1-15(2)27(24,25)19-8-6-16(7-9-19)20-12-18(14-26-20)17-10-11-23-21(13-17)22(3,4)5;1-13(2,3)12-10-11(8-9-17-12)16-18-14(4,5)15(6,7)19-16;1-9(2)18(15,16)12-5-3-10(4-6-12)13-7-11(14)8-17-13;1-7(2)15(12,13)9-5-3-8(4-6-9)14-10-11;5-3-1-4(6)7-2-3/h6-15H,1-5H3;8-10H,1-7H3;3-9H,1-2H3;3-7,11H,1-2H3;1-2H. The summed E-state index contributed by atoms with van der Waals surface area (Å²) in [5.74, 6) is 0.389. The van der Waals surface area contributed by atoms with Crippen molar-refractivity contribution in [3.63, 3.8) is 0 Å². The number of benzene rings is 3. The minimum Gasteiger partial charge on any atom is -0.537 e. The number of aromatic nitrogens is 2. The molecule has 0 saturated carbocycles. The number of hydrogen-bond donors (Lipinski definition) is 1. The summed E-state index contributed by atoms with van der Waals surface area (Å²) in [5.41, 5.74) is 6.96. The Morgan fingerprint density at radius 1 is 0.512 bits per heavy atom. The zero-order chi connectivity index (χ0) is 64.4. The van der Waals surface area contributed by atoms with Gasteiger partial charge >= 0.3 is 14.8 Å². The van der Waals surface area contributed by atoms with E-state index in [0.29, 0.717) is 23.2 Å². The van der Waals surface area contributed by atoms with E-state index in [0.717, 1.165) is 57.8 Å². The summed E-state index contributed by atoms with van der Waals surface area (Å²) in [4.78, 5) is 12.2. The zero-order valence-corrected chi connectivity index (χ0v) is 61.0. The number of pyridine rings is 2. The van der Waals surface area contributed by atoms with Gasteiger partial charge < -0.3 is 19.0 Å². The first-order valence-electron chi connectivity index (χ1n) is 27.5. The highest BCUT2D eigenvalue weighted by molar-refractivity contribution is 9.11. The van der Waals surface area contributed by atoms with Crippen molar-refractivity contribution < 1.29 is 44.2 Å². The van der Waals surface area contributed by atoms with Crippen molar-refractivity contribution in [3.05, 3.63) is 168 Å². The van der Waals surface area contributed by atoms with Crippen molar-refractivity contribution in [1.29, 1.82) is 0 Å². The van der Waals surface area contributed by atoms with Crippen molar-refractivity contribution in [2.75, 3.05) is 0 Å². The second-order valence-corrected chi connectivity index (χ2v) is 37.4. The molecule has 1 saturated heterocycles. The lowest BCUT2D eigenvalue weighted by atomic mass is 9.77. The average Bonchev–Trinajstić information content (AvgIpc) is 4.31. The molecule has 0 amide bonds. The van der Waals surface area contributed by atoms with E-state index >= 15 is 0 Å². The van der Waals surface area contributed by atoms with Crippen molar-refractivity contribution in [2.24, 2.45) is 0 Å². The molecule has 1 N–H and O–H groups in total. The van der Waals surface area contributed by atoms with Gasteiger partial charge in [-0.1, -0.05) is 65.8 Å². The van der Waals surface area contributed by atoms with Crippen LogP contribution in [0, 0.1) is 0 Å². The molecule has 1 aliphatic heterocycles. The van der Waals surface area contributed by atoms with Crippen molar-refractivity contribution >= 4 is 132 Å². The Labute approximate surface area is 549 Å². The molecule has 23 heteroatoms. The van der Waals surface area contributed by atoms with Crippen molar-refractivity contribution in [2.45, 2.75) is 163 Å². The number of sulfone groups is 3. The lowest BCUT2D eigenvalue weighted by Crippen LogP contribution is -2.41. The smallest absolute Gasteiger partial charge is 0.537 e. The van der Waals surface area contributed by atoms with Gasteiger partial charge in [-0.05, 0) is 241 Å². The monoisotopic (exact) mass is 1470 g/mol. The largest absolute Gasteiger partial charge is 0.569 e. The molecule has 86 heavy (non-hydrogen) atoms. The molecule has 0 atom stereocenters. The summed E-state index contributed by atoms with van der Waals surface area (Å²) >= 11 is 15.0. The highest BCUT2D eigenvalue weighted by Gasteiger charge is 2.52. The van der Waals surface area contributed by atoms with Crippen molar-refractivity contribution in [3.8, 4) is 37.8 Å². The van der Waals surface area contributed by atoms with E-state index in [9.17, 15) is 25.3 Å². The zero-order valence-electron chi connectivity index (χ0n) is 51.3. The second-order valence-electron chi connectivity index (χ2n) is 23.9. The van der Waals surface area contributed by atoms with Crippen LogP contribution in [0.5, 0.6) is 5.75 Å². The molecule has 0 aliphatic carbocycles. The molecule has 3 aromatic carbocycles. The first-order chi connectivity index (χ1) is 39.8. The number of halogens is 3. The van der Waals surface area contributed by atoms with Crippen LogP contribution in [0.3, 0.4) is 0 Å². The molecule has 6 heterocycles. The quantitative estimate of drug-likeness (QED) is 0.115. The van der Waals surface area contributed by atoms with Crippen LogP contribution >= 0.6 is 81.8 Å². The Balaban J connectivity index is 0.000000205. The SMILES string of the molecule is Brc1csc(Br)c1.CC(C)(C)c1cc(B2OC(C)(C)C(C)(C)O2)ccn1.CC(C)S(=O)(=O)c1ccc(-c2cc(-c3ccnc(C(C)(C)C)c3)cs2)cc1.CC(C)S(=O)(=O)c1ccc(-c2cc(Br)cs2)cc1.CC(C)S(=O)(=O)c1ccc(O[B]O)cc1. The summed E-state index contributed by atoms with van der Waals surface area (Å²) in [7, 11) is -9.41. The topological polar surface area (TPSA) is 176 Å². The molecular formula is C63H76B2Br3N2O10S6. The maximum Gasteiger partial charge on any atom is 0.569 e. The van der Waals surface area contributed by atoms with Gasteiger partial charge in [-0.2, -0.15) is 0 Å². The molecule has 0 bridgehead atoms. The van der Waals surface area contributed by atoms with E-state index in [-0.39, 0.29) is 39.3 Å². The Bertz CT molecular complexity index is 3800. The Hall–Kier alpha value is -3.84. The van der Waals surface area contributed by atoms with Gasteiger partial charge in [0.05, 0.1) is 45.4 Å². The van der Waals surface area contributed by atoms with Crippen LogP contribution in [-0.2, 0) is 49.7 Å². The van der Waals surface area contributed by atoms with Gasteiger partial charge in [0.1, 0.15) is 5.75 Å². The average molecular weight is 1480 g/mol. The maximum atomic E-state index is 12.3. The van der Waals surface area contributed by atoms with E-state index in [1.54, 1.807) is 99.8 Å². The van der Waals surface area contributed by atoms with Crippen LogP contribution in [0.4, 0.5) is 0 Å². The van der Waals surface area contributed by atoms with Crippen LogP contribution < -0.4 is 10.1 Å². The van der Waals surface area contributed by atoms with Gasteiger partial charge in [-0.15, -0.1) is 34.0 Å². The third-order valence-corrected chi connectivity index (χ3v) is 25.3. The fourth-order valence-electron chi connectivity index (χ4n) is 7.60. The lowest BCUT2D eigenvalue weighted by molar-refractivity contribution is 0.00578. The van der Waals surface area contributed by atoms with E-state index < -0.39 is 40.0 Å². The van der Waals surface area contributed by atoms with E-state index in [2.05, 4.69) is 155 Å². The summed E-state index contributed by atoms with van der Waals surface area (Å²) in [6, 6.07) is 34.5. The highest BCUT2D eigenvalue weighted by Crippen LogP contribution is 2.38. The molecule has 1 aliphatic rings. The van der Waals surface area contributed by atoms with Crippen molar-refractivity contribution in [1.82, 2.24) is 9.97 Å². The third-order valence-electron chi connectivity index (χ3n) is 13.8. The fraction of sp³-hybridized carbons (Fsp3) is 0.365. The molecule has 5 aromatic heterocycles. The molecule has 0 spiro atoms. The van der Waals surface area contributed by atoms with Crippen LogP contribution in [0.15, 0.2) is 171 Å². The van der Waals surface area contributed by atoms with E-state index in [4.69, 9.17) is 14.3 Å². The maximum absolute atomic E-state index is 12.3. The second kappa shape index (κ2) is 30.3. The summed E-state index contributed by atoms with van der Waals surface area (Å²) in [6.45, 7) is 31.3. The summed E-state index contributed by atoms with van der Waals surface area (Å²) in [6.07, 6.45) is 3.69. The highest BCUT2D eigenvalue weighted by atomic mass is 79.9. The molecule has 12 nitrogen and oxygen atoms in total. The Morgan fingerprint density at radius 2 is 0.907 bits per heavy atom. The van der Waals surface area contributed by atoms with Crippen LogP contribution in [-0.4, -0.2) is 82.0 Å². The number of rotatable bonds is 12. The molecule has 0 unspecified atom stereocenters. The van der Waals surface area contributed by atoms with Gasteiger partial charge in [0.15, 0.2) is 29.5 Å². The first-order valence-corrected chi connectivity index (χ1v) is 37.1. The Kier molecular flexibility index (Phi) is 25.7. The molecule has 1 radical (unpaired) electrons. The first kappa shape index (κ1) is 72.9. The van der Waals surface area contributed by atoms with Gasteiger partial charge in [-0.3, -0.25) is 9.97 Å². The molecule has 1 fully saturated rings. The summed E-state index contributed by atoms with van der Waals surface area (Å²) < 4.78 is 92.1. The molecule has 8 aromatic rings. The van der Waals surface area contributed by atoms with Gasteiger partial charge in [0.2, 0.25) is 0 Å². The predicted octanol–water partition coefficient (Wildman–Crippen LogP) is 17.0. The number of thiophene rings is 3. The molecular weight excluding hydrogens is 1400 g/mol. The minimum atomic E-state index is -3.24. The van der Waals surface area contributed by atoms with Crippen LogP contribution in [0.25, 0.3) is 32.0 Å². The van der Waals surface area contributed by atoms with Crippen LogP contribution in [0.1, 0.15) is 122 Å².